The van der Waals surface area contributed by atoms with Crippen molar-refractivity contribution in [3.63, 3.8) is 0 Å². The van der Waals surface area contributed by atoms with Crippen molar-refractivity contribution in [2.24, 2.45) is 28.6 Å². The number of aliphatic hydroxyl groups excluding tert-OH is 3. The number of aliphatic hydroxyl groups is 6. The molecule has 0 unspecified atom stereocenters. The first-order valence-corrected chi connectivity index (χ1v) is 11.5. The molecule has 0 saturated heterocycles. The lowest BCUT2D eigenvalue weighted by molar-refractivity contribution is -0.203. The van der Waals surface area contributed by atoms with Crippen LogP contribution < -0.4 is 0 Å². The maximum Gasteiger partial charge on any atom is 0.334 e. The van der Waals surface area contributed by atoms with E-state index in [4.69, 9.17) is 4.74 Å². The van der Waals surface area contributed by atoms with E-state index >= 15 is 0 Å². The number of hydrogen-bond donors (Lipinski definition) is 6. The molecule has 178 valence electrons. The van der Waals surface area contributed by atoms with Gasteiger partial charge in [0.2, 0.25) is 0 Å². The lowest BCUT2D eigenvalue weighted by Crippen LogP contribution is -2.60. The first-order valence-electron chi connectivity index (χ1n) is 11.5. The van der Waals surface area contributed by atoms with Crippen molar-refractivity contribution in [3.8, 4) is 0 Å². The zero-order valence-electron chi connectivity index (χ0n) is 19.1. The minimum absolute atomic E-state index is 0.0153. The summed E-state index contributed by atoms with van der Waals surface area (Å²) in [7, 11) is 0. The molecule has 6 N–H and O–H groups in total. The van der Waals surface area contributed by atoms with Gasteiger partial charge in [-0.05, 0) is 58.8 Å². The highest BCUT2D eigenvalue weighted by Gasteiger charge is 2.77. The molecule has 4 rings (SSSR count). The van der Waals surface area contributed by atoms with E-state index in [1.807, 2.05) is 0 Å². The number of carbonyl (C=O) groups excluding carboxylic acids is 1. The summed E-state index contributed by atoms with van der Waals surface area (Å²) in [6.45, 7) is 8.04. The molecule has 0 aromatic rings. The third-order valence-electron chi connectivity index (χ3n) is 9.81. The van der Waals surface area contributed by atoms with Crippen LogP contribution in [0.15, 0.2) is 0 Å². The van der Waals surface area contributed by atoms with Gasteiger partial charge in [0.25, 0.3) is 0 Å². The summed E-state index contributed by atoms with van der Waals surface area (Å²) < 4.78 is 5.76. The highest BCUT2D eigenvalue weighted by molar-refractivity contribution is 5.74. The third-order valence-corrected chi connectivity index (χ3v) is 9.81. The van der Waals surface area contributed by atoms with Crippen LogP contribution in [0.5, 0.6) is 0 Å². The van der Waals surface area contributed by atoms with Gasteiger partial charge in [0.1, 0.15) is 17.8 Å². The van der Waals surface area contributed by atoms with Gasteiger partial charge < -0.3 is 35.4 Å². The molecule has 4 saturated carbocycles. The second kappa shape index (κ2) is 6.64. The second-order valence-electron chi connectivity index (χ2n) is 11.8. The van der Waals surface area contributed by atoms with Gasteiger partial charge in [-0.3, -0.25) is 0 Å². The second-order valence-corrected chi connectivity index (χ2v) is 11.8. The van der Waals surface area contributed by atoms with Crippen LogP contribution in [0.4, 0.5) is 0 Å². The summed E-state index contributed by atoms with van der Waals surface area (Å²) in [6.07, 6.45) is -2.96. The van der Waals surface area contributed by atoms with E-state index in [1.54, 1.807) is 27.7 Å². The van der Waals surface area contributed by atoms with E-state index in [-0.39, 0.29) is 19.3 Å². The van der Waals surface area contributed by atoms with Crippen LogP contribution in [0.1, 0.15) is 66.7 Å². The van der Waals surface area contributed by atoms with Crippen molar-refractivity contribution in [3.05, 3.63) is 0 Å². The molecule has 31 heavy (non-hydrogen) atoms. The van der Waals surface area contributed by atoms with Gasteiger partial charge >= 0.3 is 5.97 Å². The van der Waals surface area contributed by atoms with Gasteiger partial charge in [-0.15, -0.1) is 0 Å². The topological polar surface area (TPSA) is 148 Å². The molecule has 4 aliphatic rings. The summed E-state index contributed by atoms with van der Waals surface area (Å²) in [6, 6.07) is 0. The van der Waals surface area contributed by atoms with E-state index in [1.165, 1.54) is 6.92 Å². The van der Waals surface area contributed by atoms with Crippen LogP contribution in [-0.4, -0.2) is 77.8 Å². The number of hydrogen-bond acceptors (Lipinski definition) is 8. The van der Waals surface area contributed by atoms with Crippen LogP contribution in [0.3, 0.4) is 0 Å². The zero-order chi connectivity index (χ0) is 23.4. The molecule has 0 heterocycles. The van der Waals surface area contributed by atoms with E-state index in [2.05, 4.69) is 0 Å². The van der Waals surface area contributed by atoms with Gasteiger partial charge in [0.05, 0.1) is 23.4 Å². The van der Waals surface area contributed by atoms with Gasteiger partial charge in [-0.2, -0.15) is 0 Å². The first-order chi connectivity index (χ1) is 14.0. The van der Waals surface area contributed by atoms with Gasteiger partial charge in [0.15, 0.2) is 0 Å². The standard InChI is InChI=1S/C23H38O8/c1-11(24)18(27)31-17-12-6-7-13-21(5,29)14-8-15(25)19(2,3)23(14,30)16(26)9-22(13,17)10-20(12,4)28/h11-17,24-26,28-30H,6-10H2,1-5H3/t11-,12+,13-,14-,15-,16+,17+,20+,21+,22-,23-/m0/s1. The van der Waals surface area contributed by atoms with Crippen molar-refractivity contribution in [2.45, 2.75) is 108 Å². The lowest BCUT2D eigenvalue weighted by atomic mass is 9.57. The predicted molar refractivity (Wildman–Crippen MR) is 110 cm³/mol. The number of ether oxygens (including phenoxy) is 1. The van der Waals surface area contributed by atoms with Crippen LogP contribution in [0, 0.1) is 28.6 Å². The van der Waals surface area contributed by atoms with E-state index in [0.717, 1.165) is 0 Å². The Morgan fingerprint density at radius 2 is 1.61 bits per heavy atom. The summed E-state index contributed by atoms with van der Waals surface area (Å²) in [5.74, 6) is -2.48. The Kier molecular flexibility index (Phi) is 5.01. The van der Waals surface area contributed by atoms with Crippen LogP contribution in [0.25, 0.3) is 0 Å². The number of rotatable bonds is 2. The zero-order valence-corrected chi connectivity index (χ0v) is 19.1. The van der Waals surface area contributed by atoms with Gasteiger partial charge in [-0.1, -0.05) is 13.8 Å². The average molecular weight is 443 g/mol. The highest BCUT2D eigenvalue weighted by atomic mass is 16.6. The minimum Gasteiger partial charge on any atom is -0.459 e. The summed E-state index contributed by atoms with van der Waals surface area (Å²) >= 11 is 0. The maximum absolute atomic E-state index is 12.4. The molecule has 0 amide bonds. The Bertz CT molecular complexity index is 761. The molecule has 8 heteroatoms. The van der Waals surface area contributed by atoms with E-state index in [9.17, 15) is 35.4 Å². The molecule has 0 aliphatic heterocycles. The minimum atomic E-state index is -1.76. The molecule has 0 aromatic heterocycles. The summed E-state index contributed by atoms with van der Waals surface area (Å²) in [5, 5.41) is 67.0. The Morgan fingerprint density at radius 1 is 1.00 bits per heavy atom. The van der Waals surface area contributed by atoms with Crippen molar-refractivity contribution in [1.29, 1.82) is 0 Å². The molecule has 0 aromatic carbocycles. The fourth-order valence-electron chi connectivity index (χ4n) is 8.19. The quantitative estimate of drug-likeness (QED) is 0.330. The molecule has 1 spiro atoms. The first kappa shape index (κ1) is 23.4. The maximum atomic E-state index is 12.4. The van der Waals surface area contributed by atoms with E-state index < -0.39 is 75.8 Å². The highest BCUT2D eigenvalue weighted by Crippen LogP contribution is 2.70. The van der Waals surface area contributed by atoms with Crippen molar-refractivity contribution in [2.75, 3.05) is 0 Å². The van der Waals surface area contributed by atoms with Crippen molar-refractivity contribution >= 4 is 5.97 Å². The molecule has 4 aliphatic carbocycles. The van der Waals surface area contributed by atoms with Crippen molar-refractivity contribution < 1.29 is 40.2 Å². The molecule has 8 nitrogen and oxygen atoms in total. The Balaban J connectivity index is 1.87. The SMILES string of the molecule is C[C@H](O)C(=O)O[C@@H]1[C@H]2CC[C@H]3[C@@](C)(O)[C@@H]4C[C@H](O)C(C)(C)[C@@]4(O)[C@H](O)C[C@@]13C[C@@]2(C)O. The summed E-state index contributed by atoms with van der Waals surface area (Å²) in [5.41, 5.74) is -6.48. The largest absolute Gasteiger partial charge is 0.459 e. The number of esters is 1. The monoisotopic (exact) mass is 442 g/mol. The van der Waals surface area contributed by atoms with Gasteiger partial charge in [-0.25, -0.2) is 4.79 Å². The Morgan fingerprint density at radius 3 is 2.19 bits per heavy atom. The normalized spacial score (nSPS) is 56.4. The molecule has 11 atom stereocenters. The lowest BCUT2D eigenvalue weighted by Gasteiger charge is -2.52. The van der Waals surface area contributed by atoms with Crippen molar-refractivity contribution in [1.82, 2.24) is 0 Å². The fraction of sp³-hybridized carbons (Fsp3) is 0.957. The summed E-state index contributed by atoms with van der Waals surface area (Å²) in [4.78, 5) is 12.4. The fourth-order valence-corrected chi connectivity index (χ4v) is 8.19. The Hall–Kier alpha value is -0.770. The number of carbonyl (C=O) groups is 1. The van der Waals surface area contributed by atoms with Crippen LogP contribution >= 0.6 is 0 Å². The van der Waals surface area contributed by atoms with Crippen LogP contribution in [0.2, 0.25) is 0 Å². The molecular formula is C23H38O8. The van der Waals surface area contributed by atoms with E-state index in [0.29, 0.717) is 12.8 Å². The van der Waals surface area contributed by atoms with Crippen LogP contribution in [-0.2, 0) is 9.53 Å². The molecule has 4 fully saturated rings. The molecule has 0 radical (unpaired) electrons. The third kappa shape index (κ3) is 2.78. The molecule has 2 bridgehead atoms. The number of fused-ring (bicyclic) bond motifs is 2. The smallest absolute Gasteiger partial charge is 0.334 e. The molecular weight excluding hydrogens is 404 g/mol. The average Bonchev–Trinajstić information content (AvgIpc) is 2.87. The Labute approximate surface area is 183 Å². The van der Waals surface area contributed by atoms with Gasteiger partial charge in [0, 0.05) is 22.7 Å². The predicted octanol–water partition coefficient (Wildman–Crippen LogP) is 0.1000.